The molecule has 3 rings (SSSR count). The molecule has 0 fully saturated rings. The van der Waals surface area contributed by atoms with Crippen LogP contribution in [0.25, 0.3) is 5.57 Å². The average molecular weight is 429 g/mol. The Hall–Kier alpha value is -2.83. The molecule has 6 nitrogen and oxygen atoms in total. The fourth-order valence-corrected chi connectivity index (χ4v) is 3.55. The molecular formula is C23H25ClN2O4. The van der Waals surface area contributed by atoms with E-state index in [2.05, 4.69) is 0 Å². The van der Waals surface area contributed by atoms with Crippen molar-refractivity contribution < 1.29 is 19.4 Å². The molecule has 0 atom stereocenters. The van der Waals surface area contributed by atoms with Crippen LogP contribution in [0.5, 0.6) is 5.75 Å². The van der Waals surface area contributed by atoms with Crippen molar-refractivity contribution >= 4 is 29.0 Å². The van der Waals surface area contributed by atoms with Crippen LogP contribution in [0.4, 0.5) is 0 Å². The summed E-state index contributed by atoms with van der Waals surface area (Å²) in [4.78, 5) is 29.3. The predicted octanol–water partition coefficient (Wildman–Crippen LogP) is 3.33. The van der Waals surface area contributed by atoms with Gasteiger partial charge in [-0.3, -0.25) is 14.5 Å². The van der Waals surface area contributed by atoms with Gasteiger partial charge in [0, 0.05) is 18.6 Å². The maximum absolute atomic E-state index is 13.3. The molecular weight excluding hydrogens is 404 g/mol. The van der Waals surface area contributed by atoms with Gasteiger partial charge in [-0.15, -0.1) is 0 Å². The van der Waals surface area contributed by atoms with Gasteiger partial charge in [0.15, 0.2) is 0 Å². The van der Waals surface area contributed by atoms with E-state index in [4.69, 9.17) is 16.3 Å². The fourth-order valence-electron chi connectivity index (χ4n) is 3.35. The zero-order chi connectivity index (χ0) is 21.8. The highest BCUT2D eigenvalue weighted by molar-refractivity contribution is 6.35. The zero-order valence-electron chi connectivity index (χ0n) is 17.3. The lowest BCUT2D eigenvalue weighted by Gasteiger charge is -2.20. The Balaban J connectivity index is 1.99. The number of carbonyl (C=O) groups is 2. The summed E-state index contributed by atoms with van der Waals surface area (Å²) < 4.78 is 5.67. The minimum Gasteiger partial charge on any atom is -0.491 e. The molecule has 0 aromatic heterocycles. The lowest BCUT2D eigenvalue weighted by Crippen LogP contribution is -2.34. The summed E-state index contributed by atoms with van der Waals surface area (Å²) in [6.45, 7) is 4.03. The number of aliphatic hydroxyl groups excluding tert-OH is 1. The molecule has 0 radical (unpaired) electrons. The standard InChI is InChI=1S/C23H25ClN2O4/c1-15(2)30-18-10-8-16(9-11-18)20-21(25(3)12-13-27)23(29)26(22(20)28)14-17-6-4-5-7-19(17)24/h4-11,15,27H,12-14H2,1-3H3. The van der Waals surface area contributed by atoms with E-state index in [0.717, 1.165) is 0 Å². The minimum atomic E-state index is -0.409. The molecule has 0 saturated heterocycles. The van der Waals surface area contributed by atoms with Gasteiger partial charge in [-0.05, 0) is 43.2 Å². The molecule has 1 heterocycles. The number of rotatable bonds is 8. The molecule has 0 saturated carbocycles. The number of aliphatic hydroxyl groups is 1. The Kier molecular flexibility index (Phi) is 6.80. The Labute approximate surface area is 181 Å². The molecule has 2 aromatic carbocycles. The second-order valence-electron chi connectivity index (χ2n) is 7.35. The minimum absolute atomic E-state index is 0.0297. The Morgan fingerprint density at radius 3 is 2.33 bits per heavy atom. The monoisotopic (exact) mass is 428 g/mol. The largest absolute Gasteiger partial charge is 0.491 e. The quantitative estimate of drug-likeness (QED) is 0.653. The van der Waals surface area contributed by atoms with E-state index in [9.17, 15) is 14.7 Å². The number of likely N-dealkylation sites (N-methyl/N-ethyl adjacent to an activating group) is 1. The van der Waals surface area contributed by atoms with Crippen molar-refractivity contribution in [2.75, 3.05) is 20.2 Å². The van der Waals surface area contributed by atoms with E-state index in [1.165, 1.54) is 4.90 Å². The second-order valence-corrected chi connectivity index (χ2v) is 7.75. The summed E-state index contributed by atoms with van der Waals surface area (Å²) >= 11 is 6.24. The van der Waals surface area contributed by atoms with E-state index >= 15 is 0 Å². The summed E-state index contributed by atoms with van der Waals surface area (Å²) in [5.74, 6) is -0.116. The lowest BCUT2D eigenvalue weighted by atomic mass is 10.0. The zero-order valence-corrected chi connectivity index (χ0v) is 18.0. The van der Waals surface area contributed by atoms with Gasteiger partial charge in [0.2, 0.25) is 0 Å². The van der Waals surface area contributed by atoms with Crippen LogP contribution in [0.15, 0.2) is 54.2 Å². The van der Waals surface area contributed by atoms with Gasteiger partial charge in [-0.1, -0.05) is 41.9 Å². The van der Waals surface area contributed by atoms with E-state index < -0.39 is 11.8 Å². The summed E-state index contributed by atoms with van der Waals surface area (Å²) in [7, 11) is 1.69. The second kappa shape index (κ2) is 9.32. The van der Waals surface area contributed by atoms with Crippen LogP contribution < -0.4 is 4.74 Å². The average Bonchev–Trinajstić information content (AvgIpc) is 2.95. The van der Waals surface area contributed by atoms with Gasteiger partial charge in [-0.2, -0.15) is 0 Å². The van der Waals surface area contributed by atoms with E-state index in [0.29, 0.717) is 27.5 Å². The van der Waals surface area contributed by atoms with Crippen molar-refractivity contribution in [3.8, 4) is 5.75 Å². The number of hydrogen-bond donors (Lipinski definition) is 1. The van der Waals surface area contributed by atoms with Crippen LogP contribution in [0.1, 0.15) is 25.0 Å². The molecule has 1 aliphatic heterocycles. The topological polar surface area (TPSA) is 70.1 Å². The summed E-state index contributed by atoms with van der Waals surface area (Å²) in [5.41, 5.74) is 1.87. The van der Waals surface area contributed by atoms with Gasteiger partial charge in [0.1, 0.15) is 11.4 Å². The summed E-state index contributed by atoms with van der Waals surface area (Å²) in [5, 5.41) is 9.85. The Morgan fingerprint density at radius 2 is 1.73 bits per heavy atom. The lowest BCUT2D eigenvalue weighted by molar-refractivity contribution is -0.138. The predicted molar refractivity (Wildman–Crippen MR) is 116 cm³/mol. The number of halogens is 1. The number of ether oxygens (including phenoxy) is 1. The van der Waals surface area contributed by atoms with E-state index in [1.807, 2.05) is 19.9 Å². The van der Waals surface area contributed by atoms with Crippen LogP contribution >= 0.6 is 11.6 Å². The van der Waals surface area contributed by atoms with Crippen molar-refractivity contribution in [2.24, 2.45) is 0 Å². The highest BCUT2D eigenvalue weighted by Crippen LogP contribution is 2.33. The molecule has 0 aliphatic carbocycles. The first kappa shape index (κ1) is 21.9. The maximum Gasteiger partial charge on any atom is 0.278 e. The third-order valence-corrected chi connectivity index (χ3v) is 5.13. The molecule has 1 N–H and O–H groups in total. The van der Waals surface area contributed by atoms with Gasteiger partial charge < -0.3 is 14.7 Å². The van der Waals surface area contributed by atoms with Crippen LogP contribution in [0.2, 0.25) is 5.02 Å². The molecule has 0 bridgehead atoms. The number of carbonyl (C=O) groups excluding carboxylic acids is 2. The van der Waals surface area contributed by atoms with Crippen LogP contribution in [0, 0.1) is 0 Å². The fraction of sp³-hybridized carbons (Fsp3) is 0.304. The molecule has 0 spiro atoms. The molecule has 0 unspecified atom stereocenters. The van der Waals surface area contributed by atoms with Crippen molar-refractivity contribution in [3.05, 3.63) is 70.4 Å². The van der Waals surface area contributed by atoms with Crippen molar-refractivity contribution in [1.29, 1.82) is 0 Å². The molecule has 158 valence electrons. The van der Waals surface area contributed by atoms with Gasteiger partial charge in [-0.25, -0.2) is 0 Å². The highest BCUT2D eigenvalue weighted by Gasteiger charge is 2.40. The smallest absolute Gasteiger partial charge is 0.278 e. The number of hydrogen-bond acceptors (Lipinski definition) is 5. The first-order valence-electron chi connectivity index (χ1n) is 9.76. The third-order valence-electron chi connectivity index (χ3n) is 4.76. The Morgan fingerprint density at radius 1 is 1.07 bits per heavy atom. The molecule has 2 amide bonds. The van der Waals surface area contributed by atoms with Gasteiger partial charge >= 0.3 is 0 Å². The highest BCUT2D eigenvalue weighted by atomic mass is 35.5. The normalized spacial score (nSPS) is 14.1. The molecule has 7 heteroatoms. The van der Waals surface area contributed by atoms with E-state index in [1.54, 1.807) is 54.4 Å². The van der Waals surface area contributed by atoms with Crippen LogP contribution in [0.3, 0.4) is 0 Å². The number of nitrogens with zero attached hydrogens (tertiary/aromatic N) is 2. The number of amides is 2. The SMILES string of the molecule is CC(C)Oc1ccc(C2=C(N(C)CCO)C(=O)N(Cc3ccccc3Cl)C2=O)cc1. The summed E-state index contributed by atoms with van der Waals surface area (Å²) in [6.07, 6.45) is 0.0297. The van der Waals surface area contributed by atoms with Crippen molar-refractivity contribution in [1.82, 2.24) is 9.80 Å². The third kappa shape index (κ3) is 4.50. The summed E-state index contributed by atoms with van der Waals surface area (Å²) in [6, 6.07) is 14.2. The van der Waals surface area contributed by atoms with Crippen molar-refractivity contribution in [3.63, 3.8) is 0 Å². The first-order chi connectivity index (χ1) is 14.3. The van der Waals surface area contributed by atoms with Crippen LogP contribution in [-0.2, 0) is 16.1 Å². The molecule has 1 aliphatic rings. The van der Waals surface area contributed by atoms with Crippen LogP contribution in [-0.4, -0.2) is 53.0 Å². The van der Waals surface area contributed by atoms with E-state index in [-0.39, 0.29) is 31.5 Å². The maximum atomic E-state index is 13.3. The Bertz CT molecular complexity index is 969. The van der Waals surface area contributed by atoms with Gasteiger partial charge in [0.25, 0.3) is 11.8 Å². The van der Waals surface area contributed by atoms with Gasteiger partial charge in [0.05, 0.1) is 24.8 Å². The number of benzene rings is 2. The van der Waals surface area contributed by atoms with Crippen molar-refractivity contribution in [2.45, 2.75) is 26.5 Å². The number of imide groups is 1. The molecule has 2 aromatic rings. The first-order valence-corrected chi connectivity index (χ1v) is 10.1. The molecule has 30 heavy (non-hydrogen) atoms.